The number of benzene rings is 1. The third-order valence-corrected chi connectivity index (χ3v) is 8.24. The van der Waals surface area contributed by atoms with Crippen LogP contribution in [0, 0.1) is 0 Å². The standard InChI is InChI=1S/C21H33N3O3S/c1-4-28(26,27)24-12-9-21(10-13-24)16-17(18-7-5-6-8-19(18)21)15-20(25)22-11-14-23(2)3/h5-8,17H,4,9-16H2,1-3H3,(H,22,25). The lowest BCUT2D eigenvalue weighted by Crippen LogP contribution is -2.44. The van der Waals surface area contributed by atoms with Gasteiger partial charge < -0.3 is 10.2 Å². The largest absolute Gasteiger partial charge is 0.355 e. The summed E-state index contributed by atoms with van der Waals surface area (Å²) < 4.78 is 26.1. The van der Waals surface area contributed by atoms with Crippen molar-refractivity contribution >= 4 is 15.9 Å². The molecule has 28 heavy (non-hydrogen) atoms. The van der Waals surface area contributed by atoms with Gasteiger partial charge >= 0.3 is 0 Å². The summed E-state index contributed by atoms with van der Waals surface area (Å²) >= 11 is 0. The van der Waals surface area contributed by atoms with Crippen LogP contribution in [0.5, 0.6) is 0 Å². The Labute approximate surface area is 169 Å². The first-order valence-electron chi connectivity index (χ1n) is 10.3. The molecule has 7 heteroatoms. The van der Waals surface area contributed by atoms with Gasteiger partial charge in [0.25, 0.3) is 0 Å². The number of nitrogens with one attached hydrogen (secondary N) is 1. The van der Waals surface area contributed by atoms with E-state index < -0.39 is 10.0 Å². The van der Waals surface area contributed by atoms with Gasteiger partial charge in [0.05, 0.1) is 5.75 Å². The van der Waals surface area contributed by atoms with Crippen LogP contribution >= 0.6 is 0 Å². The number of carbonyl (C=O) groups excluding carboxylic acids is 1. The number of nitrogens with zero attached hydrogens (tertiary/aromatic N) is 2. The van der Waals surface area contributed by atoms with E-state index in [0.717, 1.165) is 25.8 Å². The number of rotatable bonds is 7. The van der Waals surface area contributed by atoms with Crippen molar-refractivity contribution in [3.05, 3.63) is 35.4 Å². The summed E-state index contributed by atoms with van der Waals surface area (Å²) in [6.45, 7) is 4.35. The lowest BCUT2D eigenvalue weighted by molar-refractivity contribution is -0.121. The molecule has 1 heterocycles. The fraction of sp³-hybridized carbons (Fsp3) is 0.667. The average Bonchev–Trinajstić information content (AvgIpc) is 2.95. The molecule has 3 rings (SSSR count). The molecule has 1 N–H and O–H groups in total. The number of sulfonamides is 1. The molecule has 1 saturated heterocycles. The van der Waals surface area contributed by atoms with Crippen molar-refractivity contribution in [2.45, 2.75) is 43.9 Å². The van der Waals surface area contributed by atoms with E-state index in [9.17, 15) is 13.2 Å². The zero-order chi connectivity index (χ0) is 20.4. The molecular weight excluding hydrogens is 374 g/mol. The summed E-state index contributed by atoms with van der Waals surface area (Å²) in [7, 11) is 0.859. The maximum Gasteiger partial charge on any atom is 0.220 e. The number of hydrogen-bond donors (Lipinski definition) is 1. The minimum Gasteiger partial charge on any atom is -0.355 e. The zero-order valence-corrected chi connectivity index (χ0v) is 18.1. The van der Waals surface area contributed by atoms with E-state index in [-0.39, 0.29) is 23.0 Å². The molecular formula is C21H33N3O3S. The second kappa shape index (κ2) is 8.51. The van der Waals surface area contributed by atoms with Crippen LogP contribution in [0.1, 0.15) is 49.7 Å². The van der Waals surface area contributed by atoms with Crippen molar-refractivity contribution in [1.82, 2.24) is 14.5 Å². The SMILES string of the molecule is CCS(=O)(=O)N1CCC2(CC1)CC(CC(=O)NCCN(C)C)c1ccccc12. The number of hydrogen-bond acceptors (Lipinski definition) is 4. The molecule has 0 saturated carbocycles. The molecule has 2 aliphatic rings. The number of amides is 1. The van der Waals surface area contributed by atoms with E-state index >= 15 is 0 Å². The molecule has 0 aromatic heterocycles. The van der Waals surface area contributed by atoms with Gasteiger partial charge in [-0.2, -0.15) is 0 Å². The summed E-state index contributed by atoms with van der Waals surface area (Å²) in [5.74, 6) is 0.473. The molecule has 6 nitrogen and oxygen atoms in total. The van der Waals surface area contributed by atoms with Gasteiger partial charge in [0.2, 0.25) is 15.9 Å². The monoisotopic (exact) mass is 407 g/mol. The zero-order valence-electron chi connectivity index (χ0n) is 17.3. The Bertz CT molecular complexity index is 799. The van der Waals surface area contributed by atoms with E-state index in [2.05, 4.69) is 28.4 Å². The summed E-state index contributed by atoms with van der Waals surface area (Å²) in [6.07, 6.45) is 3.11. The lowest BCUT2D eigenvalue weighted by atomic mass is 9.73. The minimum absolute atomic E-state index is 0.00490. The van der Waals surface area contributed by atoms with Gasteiger partial charge in [0.15, 0.2) is 0 Å². The number of likely N-dealkylation sites (N-methyl/N-ethyl adjacent to an activating group) is 1. The van der Waals surface area contributed by atoms with Gasteiger partial charge in [-0.15, -0.1) is 0 Å². The molecule has 1 aromatic rings. The van der Waals surface area contributed by atoms with E-state index in [4.69, 9.17) is 0 Å². The number of piperidine rings is 1. The second-order valence-electron chi connectivity index (χ2n) is 8.43. The van der Waals surface area contributed by atoms with Crippen LogP contribution in [0.2, 0.25) is 0 Å². The molecule has 1 amide bonds. The van der Waals surface area contributed by atoms with Gasteiger partial charge in [0.1, 0.15) is 0 Å². The van der Waals surface area contributed by atoms with Crippen LogP contribution in [-0.2, 0) is 20.2 Å². The van der Waals surface area contributed by atoms with Gasteiger partial charge in [-0.25, -0.2) is 12.7 Å². The smallest absolute Gasteiger partial charge is 0.220 e. The summed E-state index contributed by atoms with van der Waals surface area (Å²) in [5.41, 5.74) is 2.61. The van der Waals surface area contributed by atoms with Gasteiger partial charge in [-0.1, -0.05) is 24.3 Å². The highest BCUT2D eigenvalue weighted by atomic mass is 32.2. The predicted octanol–water partition coefficient (Wildman–Crippen LogP) is 1.93. The maximum atomic E-state index is 12.5. The lowest BCUT2D eigenvalue weighted by Gasteiger charge is -2.39. The van der Waals surface area contributed by atoms with Crippen LogP contribution in [0.15, 0.2) is 24.3 Å². The highest BCUT2D eigenvalue weighted by Gasteiger charge is 2.46. The maximum absolute atomic E-state index is 12.5. The molecule has 0 bridgehead atoms. The molecule has 1 aliphatic carbocycles. The molecule has 1 aliphatic heterocycles. The molecule has 1 aromatic carbocycles. The van der Waals surface area contributed by atoms with E-state index in [1.165, 1.54) is 11.1 Å². The normalized spacial score (nSPS) is 21.8. The molecule has 0 radical (unpaired) electrons. The van der Waals surface area contributed by atoms with Crippen molar-refractivity contribution < 1.29 is 13.2 Å². The van der Waals surface area contributed by atoms with Crippen molar-refractivity contribution in [1.29, 1.82) is 0 Å². The average molecular weight is 408 g/mol. The van der Waals surface area contributed by atoms with Gasteiger partial charge in [-0.05, 0) is 62.7 Å². The van der Waals surface area contributed by atoms with Crippen molar-refractivity contribution in [3.63, 3.8) is 0 Å². The summed E-state index contributed by atoms with van der Waals surface area (Å²) in [5, 5.41) is 3.03. The Morgan fingerprint density at radius 1 is 1.25 bits per heavy atom. The third kappa shape index (κ3) is 4.42. The van der Waals surface area contributed by atoms with Gasteiger partial charge in [0, 0.05) is 32.6 Å². The fourth-order valence-corrected chi connectivity index (χ4v) is 5.88. The molecule has 1 unspecified atom stereocenters. The Kier molecular flexibility index (Phi) is 6.47. The summed E-state index contributed by atoms with van der Waals surface area (Å²) in [6, 6.07) is 8.45. The molecule has 156 valence electrons. The summed E-state index contributed by atoms with van der Waals surface area (Å²) in [4.78, 5) is 14.5. The molecule has 1 spiro atoms. The highest BCUT2D eigenvalue weighted by molar-refractivity contribution is 7.89. The Morgan fingerprint density at radius 3 is 2.57 bits per heavy atom. The third-order valence-electron chi connectivity index (χ3n) is 6.36. The molecule has 1 fully saturated rings. The first kappa shape index (κ1) is 21.3. The quantitative estimate of drug-likeness (QED) is 0.750. The van der Waals surface area contributed by atoms with E-state index in [1.54, 1.807) is 11.2 Å². The Morgan fingerprint density at radius 2 is 1.93 bits per heavy atom. The Hall–Kier alpha value is -1.44. The van der Waals surface area contributed by atoms with E-state index in [1.807, 2.05) is 20.2 Å². The fourth-order valence-electron chi connectivity index (χ4n) is 4.77. The Balaban J connectivity index is 1.70. The predicted molar refractivity (Wildman–Crippen MR) is 112 cm³/mol. The van der Waals surface area contributed by atoms with Crippen molar-refractivity contribution in [3.8, 4) is 0 Å². The van der Waals surface area contributed by atoms with Crippen LogP contribution in [-0.4, -0.2) is 69.6 Å². The van der Waals surface area contributed by atoms with E-state index in [0.29, 0.717) is 26.1 Å². The molecule has 1 atom stereocenters. The topological polar surface area (TPSA) is 69.7 Å². The van der Waals surface area contributed by atoms with Crippen LogP contribution < -0.4 is 5.32 Å². The van der Waals surface area contributed by atoms with Crippen molar-refractivity contribution in [2.24, 2.45) is 0 Å². The number of fused-ring (bicyclic) bond motifs is 2. The van der Waals surface area contributed by atoms with Crippen LogP contribution in [0.3, 0.4) is 0 Å². The van der Waals surface area contributed by atoms with Crippen molar-refractivity contribution in [2.75, 3.05) is 46.0 Å². The van der Waals surface area contributed by atoms with Crippen LogP contribution in [0.4, 0.5) is 0 Å². The second-order valence-corrected chi connectivity index (χ2v) is 10.7. The minimum atomic E-state index is -3.13. The first-order valence-corrected chi connectivity index (χ1v) is 11.9. The first-order chi connectivity index (χ1) is 13.3. The van der Waals surface area contributed by atoms with Gasteiger partial charge in [-0.3, -0.25) is 4.79 Å². The van der Waals surface area contributed by atoms with Crippen LogP contribution in [0.25, 0.3) is 0 Å². The number of carbonyl (C=O) groups is 1. The highest BCUT2D eigenvalue weighted by Crippen LogP contribution is 2.52.